The summed E-state index contributed by atoms with van der Waals surface area (Å²) >= 11 is 0. The molecule has 1 amide bonds. The van der Waals surface area contributed by atoms with Crippen molar-refractivity contribution in [3.05, 3.63) is 66.5 Å². The largest absolute Gasteiger partial charge is 0.378 e. The Morgan fingerprint density at radius 2 is 1.73 bits per heavy atom. The highest BCUT2D eigenvalue weighted by Crippen LogP contribution is 2.19. The van der Waals surface area contributed by atoms with Crippen molar-refractivity contribution in [3.63, 3.8) is 0 Å². The van der Waals surface area contributed by atoms with Gasteiger partial charge in [-0.15, -0.1) is 10.2 Å². The van der Waals surface area contributed by atoms with Gasteiger partial charge in [0.1, 0.15) is 0 Å². The van der Waals surface area contributed by atoms with Gasteiger partial charge in [-0.05, 0) is 42.5 Å². The standard InChI is InChI=1S/C22H25N7O/c1-27(2)19-5-3-4-17(16-19)22(30)29-14-12-28(13-15-29)21-7-6-20(25-26-21)24-18-8-10-23-11-9-18/h3-11,16H,12-15H2,1-2H3,(H,23,24,25). The summed E-state index contributed by atoms with van der Waals surface area (Å²) in [5.41, 5.74) is 2.66. The zero-order valence-corrected chi connectivity index (χ0v) is 17.2. The van der Waals surface area contributed by atoms with Gasteiger partial charge in [-0.2, -0.15) is 0 Å². The second kappa shape index (κ2) is 8.77. The van der Waals surface area contributed by atoms with Crippen LogP contribution in [0.1, 0.15) is 10.4 Å². The Hall–Kier alpha value is -3.68. The third kappa shape index (κ3) is 4.48. The van der Waals surface area contributed by atoms with E-state index in [0.29, 0.717) is 18.9 Å². The first-order valence-corrected chi connectivity index (χ1v) is 9.92. The molecular formula is C22H25N7O. The minimum Gasteiger partial charge on any atom is -0.378 e. The summed E-state index contributed by atoms with van der Waals surface area (Å²) in [7, 11) is 3.95. The molecule has 0 atom stereocenters. The monoisotopic (exact) mass is 403 g/mol. The van der Waals surface area contributed by atoms with E-state index in [1.165, 1.54) is 0 Å². The van der Waals surface area contributed by atoms with E-state index in [4.69, 9.17) is 0 Å². The molecule has 1 aliphatic heterocycles. The van der Waals surface area contributed by atoms with Crippen molar-refractivity contribution < 1.29 is 4.79 Å². The fourth-order valence-corrected chi connectivity index (χ4v) is 3.38. The van der Waals surface area contributed by atoms with Crippen LogP contribution in [0, 0.1) is 0 Å². The molecule has 2 aromatic heterocycles. The molecule has 3 aromatic rings. The number of benzene rings is 1. The first kappa shape index (κ1) is 19.6. The lowest BCUT2D eigenvalue weighted by molar-refractivity contribution is 0.0746. The van der Waals surface area contributed by atoms with E-state index >= 15 is 0 Å². The Bertz CT molecular complexity index is 984. The quantitative estimate of drug-likeness (QED) is 0.702. The van der Waals surface area contributed by atoms with Gasteiger partial charge in [0.25, 0.3) is 5.91 Å². The fraction of sp³-hybridized carbons (Fsp3) is 0.273. The Labute approximate surface area is 176 Å². The number of nitrogens with one attached hydrogen (secondary N) is 1. The number of carbonyl (C=O) groups is 1. The summed E-state index contributed by atoms with van der Waals surface area (Å²) in [6.45, 7) is 2.77. The number of carbonyl (C=O) groups excluding carboxylic acids is 1. The predicted molar refractivity (Wildman–Crippen MR) is 118 cm³/mol. The van der Waals surface area contributed by atoms with Crippen LogP contribution in [0.2, 0.25) is 0 Å². The molecule has 1 aromatic carbocycles. The van der Waals surface area contributed by atoms with Crippen molar-refractivity contribution in [1.29, 1.82) is 0 Å². The van der Waals surface area contributed by atoms with Gasteiger partial charge in [0.15, 0.2) is 11.6 Å². The predicted octanol–water partition coefficient (Wildman–Crippen LogP) is 2.64. The van der Waals surface area contributed by atoms with Crippen molar-refractivity contribution >= 4 is 28.9 Å². The number of anilines is 4. The van der Waals surface area contributed by atoms with Gasteiger partial charge in [0.2, 0.25) is 0 Å². The van der Waals surface area contributed by atoms with Crippen molar-refractivity contribution in [2.45, 2.75) is 0 Å². The zero-order chi connectivity index (χ0) is 20.9. The highest BCUT2D eigenvalue weighted by molar-refractivity contribution is 5.95. The lowest BCUT2D eigenvalue weighted by atomic mass is 10.1. The molecule has 0 bridgehead atoms. The maximum atomic E-state index is 12.9. The number of hydrogen-bond acceptors (Lipinski definition) is 7. The minimum atomic E-state index is 0.0707. The summed E-state index contributed by atoms with van der Waals surface area (Å²) in [6.07, 6.45) is 3.45. The Morgan fingerprint density at radius 1 is 0.967 bits per heavy atom. The lowest BCUT2D eigenvalue weighted by Crippen LogP contribution is -2.49. The number of amides is 1. The van der Waals surface area contributed by atoms with Crippen LogP contribution in [0.4, 0.5) is 23.0 Å². The van der Waals surface area contributed by atoms with Crippen LogP contribution < -0.4 is 15.1 Å². The van der Waals surface area contributed by atoms with Gasteiger partial charge in [0.05, 0.1) is 0 Å². The molecule has 8 nitrogen and oxygen atoms in total. The first-order chi connectivity index (χ1) is 14.6. The number of hydrogen-bond donors (Lipinski definition) is 1. The van der Waals surface area contributed by atoms with E-state index in [-0.39, 0.29) is 5.91 Å². The van der Waals surface area contributed by atoms with Crippen LogP contribution in [0.3, 0.4) is 0 Å². The molecule has 8 heteroatoms. The van der Waals surface area contributed by atoms with E-state index in [2.05, 4.69) is 25.4 Å². The van der Waals surface area contributed by atoms with Gasteiger partial charge in [-0.3, -0.25) is 9.78 Å². The van der Waals surface area contributed by atoms with Crippen LogP contribution in [0.15, 0.2) is 60.9 Å². The average molecular weight is 403 g/mol. The second-order valence-electron chi connectivity index (χ2n) is 7.36. The van der Waals surface area contributed by atoms with Gasteiger partial charge >= 0.3 is 0 Å². The van der Waals surface area contributed by atoms with Crippen LogP contribution in [0.25, 0.3) is 0 Å². The van der Waals surface area contributed by atoms with Crippen molar-refractivity contribution in [2.75, 3.05) is 55.4 Å². The number of rotatable bonds is 5. The molecule has 0 radical (unpaired) electrons. The summed E-state index contributed by atoms with van der Waals surface area (Å²) in [6, 6.07) is 15.4. The average Bonchev–Trinajstić information content (AvgIpc) is 2.80. The number of pyridine rings is 1. The van der Waals surface area contributed by atoms with E-state index in [0.717, 1.165) is 35.8 Å². The van der Waals surface area contributed by atoms with E-state index in [1.807, 2.05) is 72.4 Å². The maximum absolute atomic E-state index is 12.9. The van der Waals surface area contributed by atoms with Crippen LogP contribution in [0.5, 0.6) is 0 Å². The number of nitrogens with zero attached hydrogens (tertiary/aromatic N) is 6. The van der Waals surface area contributed by atoms with Crippen molar-refractivity contribution in [2.24, 2.45) is 0 Å². The van der Waals surface area contributed by atoms with Crippen molar-refractivity contribution in [1.82, 2.24) is 20.1 Å². The molecule has 0 saturated carbocycles. The molecule has 0 spiro atoms. The van der Waals surface area contributed by atoms with E-state index in [1.54, 1.807) is 12.4 Å². The van der Waals surface area contributed by atoms with Gasteiger partial charge in [-0.25, -0.2) is 0 Å². The normalized spacial score (nSPS) is 13.8. The summed E-state index contributed by atoms with van der Waals surface area (Å²) in [5.74, 6) is 1.57. The van der Waals surface area contributed by atoms with Crippen LogP contribution in [-0.4, -0.2) is 66.3 Å². The molecule has 154 valence electrons. The molecule has 30 heavy (non-hydrogen) atoms. The molecular weight excluding hydrogens is 378 g/mol. The maximum Gasteiger partial charge on any atom is 0.254 e. The summed E-state index contributed by atoms with van der Waals surface area (Å²) in [4.78, 5) is 22.9. The van der Waals surface area contributed by atoms with Crippen molar-refractivity contribution in [3.8, 4) is 0 Å². The SMILES string of the molecule is CN(C)c1cccc(C(=O)N2CCN(c3ccc(Nc4ccncc4)nn3)CC2)c1. The summed E-state index contributed by atoms with van der Waals surface area (Å²) in [5, 5.41) is 11.8. The Kier molecular flexibility index (Phi) is 5.74. The fourth-order valence-electron chi connectivity index (χ4n) is 3.38. The Balaban J connectivity index is 1.35. The molecule has 1 saturated heterocycles. The van der Waals surface area contributed by atoms with Crippen LogP contribution in [-0.2, 0) is 0 Å². The smallest absolute Gasteiger partial charge is 0.254 e. The van der Waals surface area contributed by atoms with Gasteiger partial charge in [0, 0.05) is 69.6 Å². The third-order valence-electron chi connectivity index (χ3n) is 5.10. The molecule has 1 fully saturated rings. The molecule has 0 unspecified atom stereocenters. The highest BCUT2D eigenvalue weighted by Gasteiger charge is 2.23. The molecule has 1 N–H and O–H groups in total. The second-order valence-corrected chi connectivity index (χ2v) is 7.36. The van der Waals surface area contributed by atoms with E-state index in [9.17, 15) is 4.79 Å². The molecule has 1 aliphatic rings. The topological polar surface area (TPSA) is 77.5 Å². The van der Waals surface area contributed by atoms with E-state index < -0.39 is 0 Å². The molecule has 4 rings (SSSR count). The highest BCUT2D eigenvalue weighted by atomic mass is 16.2. The van der Waals surface area contributed by atoms with Crippen LogP contribution >= 0.6 is 0 Å². The number of piperazine rings is 1. The third-order valence-corrected chi connectivity index (χ3v) is 5.10. The summed E-state index contributed by atoms with van der Waals surface area (Å²) < 4.78 is 0. The lowest BCUT2D eigenvalue weighted by Gasteiger charge is -2.35. The van der Waals surface area contributed by atoms with Gasteiger partial charge < -0.3 is 20.0 Å². The molecule has 3 heterocycles. The zero-order valence-electron chi connectivity index (χ0n) is 17.2. The molecule has 0 aliphatic carbocycles. The number of aromatic nitrogens is 3. The first-order valence-electron chi connectivity index (χ1n) is 9.92. The van der Waals surface area contributed by atoms with Gasteiger partial charge in [-0.1, -0.05) is 6.07 Å². The Morgan fingerprint density at radius 3 is 2.40 bits per heavy atom. The minimum absolute atomic E-state index is 0.0707.